The molecule has 0 radical (unpaired) electrons. The minimum absolute atomic E-state index is 0.0354. The molecule has 2 aromatic carbocycles. The molecular formula is C17H19BrO3. The maximum absolute atomic E-state index is 9.22. The number of ether oxygens (including phenoxy) is 2. The van der Waals surface area contributed by atoms with Gasteiger partial charge < -0.3 is 14.6 Å². The van der Waals surface area contributed by atoms with Crippen molar-refractivity contribution in [3.8, 4) is 11.5 Å². The lowest BCUT2D eigenvalue weighted by molar-refractivity contribution is 0.273. The summed E-state index contributed by atoms with van der Waals surface area (Å²) in [5.41, 5.74) is 4.33. The molecule has 112 valence electrons. The lowest BCUT2D eigenvalue weighted by atomic mass is 10.1. The SMILES string of the molecule is COc1cc(CO)cc(Br)c1OCc1cc(C)cc(C)c1. The molecular weight excluding hydrogens is 332 g/mol. The summed E-state index contributed by atoms with van der Waals surface area (Å²) in [4.78, 5) is 0. The zero-order valence-electron chi connectivity index (χ0n) is 12.4. The smallest absolute Gasteiger partial charge is 0.175 e. The van der Waals surface area contributed by atoms with Crippen LogP contribution in [0.2, 0.25) is 0 Å². The van der Waals surface area contributed by atoms with E-state index >= 15 is 0 Å². The summed E-state index contributed by atoms with van der Waals surface area (Å²) in [7, 11) is 1.59. The van der Waals surface area contributed by atoms with E-state index in [9.17, 15) is 5.11 Å². The Morgan fingerprint density at radius 1 is 1.00 bits per heavy atom. The van der Waals surface area contributed by atoms with Crippen LogP contribution in [0.3, 0.4) is 0 Å². The van der Waals surface area contributed by atoms with Gasteiger partial charge >= 0.3 is 0 Å². The molecule has 0 saturated carbocycles. The van der Waals surface area contributed by atoms with E-state index in [-0.39, 0.29) is 6.61 Å². The minimum Gasteiger partial charge on any atom is -0.493 e. The first kappa shape index (κ1) is 15.9. The van der Waals surface area contributed by atoms with Crippen molar-refractivity contribution < 1.29 is 14.6 Å². The molecule has 0 spiro atoms. The highest BCUT2D eigenvalue weighted by Crippen LogP contribution is 2.37. The van der Waals surface area contributed by atoms with E-state index in [4.69, 9.17) is 9.47 Å². The summed E-state index contributed by atoms with van der Waals surface area (Å²) in [5.74, 6) is 1.26. The molecule has 21 heavy (non-hydrogen) atoms. The molecule has 0 fully saturated rings. The molecule has 1 N–H and O–H groups in total. The van der Waals surface area contributed by atoms with Crippen LogP contribution in [0.4, 0.5) is 0 Å². The van der Waals surface area contributed by atoms with Crippen LogP contribution in [0.5, 0.6) is 11.5 Å². The summed E-state index contributed by atoms with van der Waals surface area (Å²) in [6.45, 7) is 4.58. The number of hydrogen-bond acceptors (Lipinski definition) is 3. The van der Waals surface area contributed by atoms with Gasteiger partial charge in [-0.05, 0) is 53.0 Å². The molecule has 0 heterocycles. The Labute approximate surface area is 133 Å². The highest BCUT2D eigenvalue weighted by molar-refractivity contribution is 9.10. The van der Waals surface area contributed by atoms with E-state index < -0.39 is 0 Å². The average molecular weight is 351 g/mol. The molecule has 2 rings (SSSR count). The Kier molecular flexibility index (Phi) is 5.26. The van der Waals surface area contributed by atoms with Crippen molar-refractivity contribution in [2.75, 3.05) is 7.11 Å². The molecule has 0 aliphatic heterocycles. The van der Waals surface area contributed by atoms with Gasteiger partial charge in [-0.1, -0.05) is 29.3 Å². The van der Waals surface area contributed by atoms with Crippen molar-refractivity contribution in [3.05, 3.63) is 57.1 Å². The molecule has 4 heteroatoms. The first-order valence-electron chi connectivity index (χ1n) is 6.70. The second-order valence-electron chi connectivity index (χ2n) is 5.05. The first-order chi connectivity index (χ1) is 10.0. The van der Waals surface area contributed by atoms with Crippen molar-refractivity contribution in [1.29, 1.82) is 0 Å². The number of aliphatic hydroxyl groups is 1. The predicted molar refractivity (Wildman–Crippen MR) is 86.9 cm³/mol. The van der Waals surface area contributed by atoms with Gasteiger partial charge in [-0.2, -0.15) is 0 Å². The molecule has 0 unspecified atom stereocenters. The van der Waals surface area contributed by atoms with E-state index in [1.807, 2.05) is 6.07 Å². The Bertz CT molecular complexity index is 618. The number of rotatable bonds is 5. The summed E-state index contributed by atoms with van der Waals surface area (Å²) >= 11 is 3.47. The topological polar surface area (TPSA) is 38.7 Å². The standard InChI is InChI=1S/C17H19BrO3/c1-11-4-12(2)6-14(5-11)10-21-17-15(18)7-13(9-19)8-16(17)20-3/h4-8,19H,9-10H2,1-3H3. The van der Waals surface area contributed by atoms with E-state index in [0.29, 0.717) is 18.1 Å². The van der Waals surface area contributed by atoms with Crippen LogP contribution in [-0.2, 0) is 13.2 Å². The molecule has 0 aliphatic rings. The Morgan fingerprint density at radius 3 is 2.24 bits per heavy atom. The van der Waals surface area contributed by atoms with Crippen molar-refractivity contribution in [1.82, 2.24) is 0 Å². The predicted octanol–water partition coefficient (Wildman–Crippen LogP) is 4.15. The second kappa shape index (κ2) is 6.96. The third kappa shape index (κ3) is 3.99. The van der Waals surface area contributed by atoms with Gasteiger partial charge in [0.2, 0.25) is 0 Å². The van der Waals surface area contributed by atoms with Gasteiger partial charge in [0.05, 0.1) is 18.2 Å². The van der Waals surface area contributed by atoms with Crippen LogP contribution in [0.15, 0.2) is 34.8 Å². The fraction of sp³-hybridized carbons (Fsp3) is 0.294. The maximum Gasteiger partial charge on any atom is 0.175 e. The fourth-order valence-corrected chi connectivity index (χ4v) is 2.92. The monoisotopic (exact) mass is 350 g/mol. The Morgan fingerprint density at radius 2 is 1.67 bits per heavy atom. The van der Waals surface area contributed by atoms with Crippen molar-refractivity contribution >= 4 is 15.9 Å². The van der Waals surface area contributed by atoms with E-state index in [1.54, 1.807) is 13.2 Å². The summed E-state index contributed by atoms with van der Waals surface area (Å²) in [6.07, 6.45) is 0. The van der Waals surface area contributed by atoms with Gasteiger partial charge in [0.15, 0.2) is 11.5 Å². The number of halogens is 1. The van der Waals surface area contributed by atoms with Crippen LogP contribution in [0.1, 0.15) is 22.3 Å². The number of benzene rings is 2. The first-order valence-corrected chi connectivity index (χ1v) is 7.50. The largest absolute Gasteiger partial charge is 0.493 e. The molecule has 0 aliphatic carbocycles. The summed E-state index contributed by atoms with van der Waals surface area (Å²) in [6, 6.07) is 9.96. The van der Waals surface area contributed by atoms with E-state index in [1.165, 1.54) is 11.1 Å². The van der Waals surface area contributed by atoms with Crippen molar-refractivity contribution in [2.45, 2.75) is 27.1 Å². The summed E-state index contributed by atoms with van der Waals surface area (Å²) in [5, 5.41) is 9.22. The van der Waals surface area contributed by atoms with Crippen LogP contribution >= 0.6 is 15.9 Å². The maximum atomic E-state index is 9.22. The van der Waals surface area contributed by atoms with Crippen LogP contribution < -0.4 is 9.47 Å². The molecule has 0 atom stereocenters. The molecule has 0 amide bonds. The lowest BCUT2D eigenvalue weighted by Crippen LogP contribution is -2.00. The number of methoxy groups -OCH3 is 1. The van der Waals surface area contributed by atoms with Gasteiger partial charge in [0.1, 0.15) is 6.61 Å². The van der Waals surface area contributed by atoms with Crippen molar-refractivity contribution in [2.24, 2.45) is 0 Å². The molecule has 0 aromatic heterocycles. The van der Waals surface area contributed by atoms with Crippen LogP contribution in [0.25, 0.3) is 0 Å². The quantitative estimate of drug-likeness (QED) is 0.880. The number of hydrogen-bond donors (Lipinski definition) is 1. The van der Waals surface area contributed by atoms with Crippen LogP contribution in [-0.4, -0.2) is 12.2 Å². The van der Waals surface area contributed by atoms with E-state index in [2.05, 4.69) is 48.0 Å². The lowest BCUT2D eigenvalue weighted by Gasteiger charge is -2.14. The highest BCUT2D eigenvalue weighted by Gasteiger charge is 2.12. The van der Waals surface area contributed by atoms with Gasteiger partial charge in [-0.25, -0.2) is 0 Å². The Hall–Kier alpha value is -1.52. The zero-order valence-corrected chi connectivity index (χ0v) is 14.0. The molecule has 0 bridgehead atoms. The van der Waals surface area contributed by atoms with Gasteiger partial charge in [0, 0.05) is 0 Å². The highest BCUT2D eigenvalue weighted by atomic mass is 79.9. The third-order valence-electron chi connectivity index (χ3n) is 3.14. The zero-order chi connectivity index (χ0) is 15.4. The van der Waals surface area contributed by atoms with Gasteiger partial charge in [0.25, 0.3) is 0 Å². The fourth-order valence-electron chi connectivity index (χ4n) is 2.31. The molecule has 3 nitrogen and oxygen atoms in total. The minimum atomic E-state index is -0.0354. The average Bonchev–Trinajstić information content (AvgIpc) is 2.44. The van der Waals surface area contributed by atoms with Crippen LogP contribution in [0, 0.1) is 13.8 Å². The van der Waals surface area contributed by atoms with Crippen molar-refractivity contribution in [3.63, 3.8) is 0 Å². The third-order valence-corrected chi connectivity index (χ3v) is 3.73. The Balaban J connectivity index is 2.23. The normalized spacial score (nSPS) is 10.5. The molecule has 0 saturated heterocycles. The number of aliphatic hydroxyl groups excluding tert-OH is 1. The molecule has 2 aromatic rings. The van der Waals surface area contributed by atoms with E-state index in [0.717, 1.165) is 15.6 Å². The van der Waals surface area contributed by atoms with Gasteiger partial charge in [-0.15, -0.1) is 0 Å². The number of aryl methyl sites for hydroxylation is 2. The van der Waals surface area contributed by atoms with Gasteiger partial charge in [-0.3, -0.25) is 0 Å². The second-order valence-corrected chi connectivity index (χ2v) is 5.91. The summed E-state index contributed by atoms with van der Waals surface area (Å²) < 4.78 is 12.0.